The number of nitrogens with two attached hydrogens (primary N) is 1. The van der Waals surface area contributed by atoms with Crippen molar-refractivity contribution in [3.05, 3.63) is 16.1 Å². The molecule has 2 heterocycles. The minimum absolute atomic E-state index is 0.104. The van der Waals surface area contributed by atoms with Crippen molar-refractivity contribution in [2.75, 3.05) is 45.9 Å². The maximum absolute atomic E-state index is 11.9. The highest BCUT2D eigenvalue weighted by atomic mass is 32.1. The van der Waals surface area contributed by atoms with Crippen LogP contribution < -0.4 is 11.1 Å². The molecule has 1 aromatic heterocycles. The van der Waals surface area contributed by atoms with Gasteiger partial charge < -0.3 is 15.8 Å². The van der Waals surface area contributed by atoms with E-state index in [0.29, 0.717) is 18.8 Å². The van der Waals surface area contributed by atoms with E-state index < -0.39 is 0 Å². The Morgan fingerprint density at radius 2 is 2.32 bits per heavy atom. The Labute approximate surface area is 116 Å². The third kappa shape index (κ3) is 4.54. The number of carbonyl (C=O) groups excluding carboxylic acids is 1. The average molecular weight is 284 g/mol. The molecule has 1 fully saturated rings. The Morgan fingerprint density at radius 3 is 3.05 bits per heavy atom. The molecule has 19 heavy (non-hydrogen) atoms. The molecule has 0 aromatic carbocycles. The maximum Gasteiger partial charge on any atom is 0.270 e. The maximum atomic E-state index is 11.9. The largest absolute Gasteiger partial charge is 0.379 e. The number of thiazole rings is 1. The number of rotatable bonds is 6. The van der Waals surface area contributed by atoms with Gasteiger partial charge in [-0.1, -0.05) is 0 Å². The van der Waals surface area contributed by atoms with Crippen molar-refractivity contribution in [3.8, 4) is 0 Å². The molecule has 0 saturated carbocycles. The van der Waals surface area contributed by atoms with Gasteiger partial charge in [-0.05, 0) is 6.54 Å². The third-order valence-electron chi connectivity index (χ3n) is 2.96. The van der Waals surface area contributed by atoms with Crippen LogP contribution in [0.4, 0.5) is 0 Å². The summed E-state index contributed by atoms with van der Waals surface area (Å²) in [5, 5.41) is 5.60. The lowest BCUT2D eigenvalue weighted by Gasteiger charge is -2.26. The lowest BCUT2D eigenvalue weighted by Crippen LogP contribution is -2.41. The van der Waals surface area contributed by atoms with E-state index in [4.69, 9.17) is 10.5 Å². The van der Waals surface area contributed by atoms with Crippen LogP contribution in [0.2, 0.25) is 0 Å². The van der Waals surface area contributed by atoms with Gasteiger partial charge in [0.2, 0.25) is 0 Å². The first-order valence-electron chi connectivity index (χ1n) is 6.52. The van der Waals surface area contributed by atoms with Gasteiger partial charge in [0.15, 0.2) is 0 Å². The predicted molar refractivity (Wildman–Crippen MR) is 74.5 cm³/mol. The zero-order valence-corrected chi connectivity index (χ0v) is 11.7. The van der Waals surface area contributed by atoms with E-state index in [9.17, 15) is 4.79 Å². The third-order valence-corrected chi connectivity index (χ3v) is 3.87. The summed E-state index contributed by atoms with van der Waals surface area (Å²) >= 11 is 1.49. The molecule has 0 atom stereocenters. The Bertz CT molecular complexity index is 404. The molecule has 7 heteroatoms. The van der Waals surface area contributed by atoms with Crippen molar-refractivity contribution in [1.82, 2.24) is 15.2 Å². The summed E-state index contributed by atoms with van der Waals surface area (Å²) in [4.78, 5) is 18.4. The molecule has 3 N–H and O–H groups in total. The zero-order chi connectivity index (χ0) is 13.5. The lowest BCUT2D eigenvalue weighted by molar-refractivity contribution is 0.0383. The van der Waals surface area contributed by atoms with Crippen molar-refractivity contribution in [3.63, 3.8) is 0 Å². The standard InChI is InChI=1S/C12H20N4O2S/c13-2-1-11-15-10(9-19-11)12(17)14-3-4-16-5-7-18-8-6-16/h9H,1-8,13H2,(H,14,17). The summed E-state index contributed by atoms with van der Waals surface area (Å²) in [6.07, 6.45) is 0.728. The molecule has 0 bridgehead atoms. The fraction of sp³-hybridized carbons (Fsp3) is 0.667. The number of nitrogens with one attached hydrogen (secondary N) is 1. The number of nitrogens with zero attached hydrogens (tertiary/aromatic N) is 2. The van der Waals surface area contributed by atoms with Gasteiger partial charge in [0.05, 0.1) is 18.2 Å². The lowest BCUT2D eigenvalue weighted by atomic mass is 10.4. The number of hydrogen-bond donors (Lipinski definition) is 2. The average Bonchev–Trinajstić information content (AvgIpc) is 2.89. The first-order valence-corrected chi connectivity index (χ1v) is 7.40. The Morgan fingerprint density at radius 1 is 1.53 bits per heavy atom. The molecule has 0 unspecified atom stereocenters. The van der Waals surface area contributed by atoms with E-state index in [1.807, 2.05) is 0 Å². The summed E-state index contributed by atoms with van der Waals surface area (Å²) in [5.41, 5.74) is 5.95. The van der Waals surface area contributed by atoms with Crippen LogP contribution in [0.1, 0.15) is 15.5 Å². The summed E-state index contributed by atoms with van der Waals surface area (Å²) in [5.74, 6) is -0.104. The van der Waals surface area contributed by atoms with Crippen LogP contribution in [0.5, 0.6) is 0 Å². The molecule has 0 spiro atoms. The number of ether oxygens (including phenoxy) is 1. The van der Waals surface area contributed by atoms with Gasteiger partial charge in [0.1, 0.15) is 5.69 Å². The molecule has 106 valence electrons. The van der Waals surface area contributed by atoms with Crippen molar-refractivity contribution in [1.29, 1.82) is 0 Å². The second-order valence-corrected chi connectivity index (χ2v) is 5.32. The number of carbonyl (C=O) groups is 1. The number of aromatic nitrogens is 1. The van der Waals surface area contributed by atoms with Crippen LogP contribution in [0, 0.1) is 0 Å². The smallest absolute Gasteiger partial charge is 0.270 e. The molecule has 0 radical (unpaired) electrons. The first-order chi connectivity index (χ1) is 9.29. The predicted octanol–water partition coefficient (Wildman–Crippen LogP) is -0.294. The van der Waals surface area contributed by atoms with Crippen LogP contribution in [-0.4, -0.2) is 61.7 Å². The molecule has 6 nitrogen and oxygen atoms in total. The van der Waals surface area contributed by atoms with Gasteiger partial charge in [-0.3, -0.25) is 9.69 Å². The molecule has 1 amide bonds. The first kappa shape index (κ1) is 14.4. The summed E-state index contributed by atoms with van der Waals surface area (Å²) in [6, 6.07) is 0. The zero-order valence-electron chi connectivity index (χ0n) is 10.9. The quantitative estimate of drug-likeness (QED) is 0.750. The van der Waals surface area contributed by atoms with E-state index in [2.05, 4.69) is 15.2 Å². The van der Waals surface area contributed by atoms with Crippen molar-refractivity contribution < 1.29 is 9.53 Å². The second-order valence-electron chi connectivity index (χ2n) is 4.38. The Balaban J connectivity index is 1.70. The van der Waals surface area contributed by atoms with Crippen molar-refractivity contribution >= 4 is 17.2 Å². The monoisotopic (exact) mass is 284 g/mol. The van der Waals surface area contributed by atoms with Gasteiger partial charge in [-0.15, -0.1) is 11.3 Å². The SMILES string of the molecule is NCCc1nc(C(=O)NCCN2CCOCC2)cs1. The van der Waals surface area contributed by atoms with Gasteiger partial charge in [0, 0.05) is 38.0 Å². The van der Waals surface area contributed by atoms with E-state index >= 15 is 0 Å². The van der Waals surface area contributed by atoms with Gasteiger partial charge in [0.25, 0.3) is 5.91 Å². The van der Waals surface area contributed by atoms with Gasteiger partial charge in [-0.2, -0.15) is 0 Å². The minimum atomic E-state index is -0.104. The molecular formula is C12H20N4O2S. The summed E-state index contributed by atoms with van der Waals surface area (Å²) in [7, 11) is 0. The van der Waals surface area contributed by atoms with Crippen LogP contribution in [0.3, 0.4) is 0 Å². The van der Waals surface area contributed by atoms with Crippen LogP contribution in [0.15, 0.2) is 5.38 Å². The highest BCUT2D eigenvalue weighted by molar-refractivity contribution is 7.09. The van der Waals surface area contributed by atoms with Gasteiger partial charge >= 0.3 is 0 Å². The summed E-state index contributed by atoms with van der Waals surface area (Å²) in [6.45, 7) is 5.49. The second kappa shape index (κ2) is 7.54. The van der Waals surface area contributed by atoms with Crippen molar-refractivity contribution in [2.24, 2.45) is 5.73 Å². The van der Waals surface area contributed by atoms with E-state index in [-0.39, 0.29) is 5.91 Å². The highest BCUT2D eigenvalue weighted by Crippen LogP contribution is 2.09. The molecule has 2 rings (SSSR count). The van der Waals surface area contributed by atoms with Crippen LogP contribution in [0.25, 0.3) is 0 Å². The molecule has 0 aliphatic carbocycles. The Hall–Kier alpha value is -1.02. The van der Waals surface area contributed by atoms with Crippen LogP contribution in [-0.2, 0) is 11.2 Å². The molecule has 1 saturated heterocycles. The van der Waals surface area contributed by atoms with Gasteiger partial charge in [-0.25, -0.2) is 4.98 Å². The number of morpholine rings is 1. The topological polar surface area (TPSA) is 80.5 Å². The molecule has 1 aliphatic rings. The highest BCUT2D eigenvalue weighted by Gasteiger charge is 2.12. The number of hydrogen-bond acceptors (Lipinski definition) is 6. The van der Waals surface area contributed by atoms with E-state index in [0.717, 1.165) is 44.3 Å². The molecule has 1 aromatic rings. The minimum Gasteiger partial charge on any atom is -0.379 e. The normalized spacial score (nSPS) is 16.5. The Kier molecular flexibility index (Phi) is 5.71. The summed E-state index contributed by atoms with van der Waals surface area (Å²) < 4.78 is 5.27. The van der Waals surface area contributed by atoms with E-state index in [1.165, 1.54) is 11.3 Å². The molecular weight excluding hydrogens is 264 g/mol. The van der Waals surface area contributed by atoms with E-state index in [1.54, 1.807) is 5.38 Å². The molecule has 1 aliphatic heterocycles. The van der Waals surface area contributed by atoms with Crippen molar-refractivity contribution in [2.45, 2.75) is 6.42 Å². The van der Waals surface area contributed by atoms with Crippen LogP contribution >= 0.6 is 11.3 Å². The fourth-order valence-electron chi connectivity index (χ4n) is 1.90. The number of amides is 1. The fourth-order valence-corrected chi connectivity index (χ4v) is 2.69.